The highest BCUT2D eigenvalue weighted by molar-refractivity contribution is 7.90. The van der Waals surface area contributed by atoms with Gasteiger partial charge >= 0.3 is 0 Å². The zero-order chi connectivity index (χ0) is 15.3. The summed E-state index contributed by atoms with van der Waals surface area (Å²) in [6.45, 7) is 4.61. The summed E-state index contributed by atoms with van der Waals surface area (Å²) in [6.07, 6.45) is 2.37. The van der Waals surface area contributed by atoms with E-state index in [1.807, 2.05) is 4.90 Å². The van der Waals surface area contributed by atoms with Crippen molar-refractivity contribution in [2.45, 2.75) is 31.4 Å². The minimum atomic E-state index is -3.12. The lowest BCUT2D eigenvalue weighted by Gasteiger charge is -2.42. The maximum absolute atomic E-state index is 12.4. The van der Waals surface area contributed by atoms with Crippen molar-refractivity contribution in [3.63, 3.8) is 0 Å². The molecule has 21 heavy (non-hydrogen) atoms. The first-order valence-corrected chi connectivity index (χ1v) is 9.13. The Bertz CT molecular complexity index is 531. The van der Waals surface area contributed by atoms with Gasteiger partial charge in [-0.3, -0.25) is 4.79 Å². The van der Waals surface area contributed by atoms with E-state index in [-0.39, 0.29) is 22.5 Å². The number of piperidine rings is 1. The lowest BCUT2D eigenvalue weighted by atomic mass is 9.74. The van der Waals surface area contributed by atoms with E-state index in [1.165, 1.54) is 0 Å². The van der Waals surface area contributed by atoms with Gasteiger partial charge in [-0.25, -0.2) is 12.7 Å². The third-order valence-electron chi connectivity index (χ3n) is 5.28. The van der Waals surface area contributed by atoms with Crippen molar-refractivity contribution in [1.29, 1.82) is 0 Å². The first-order chi connectivity index (χ1) is 9.89. The summed E-state index contributed by atoms with van der Waals surface area (Å²) in [5, 5.41) is -0.155. The van der Waals surface area contributed by atoms with Crippen molar-refractivity contribution in [3.8, 4) is 0 Å². The van der Waals surface area contributed by atoms with E-state index in [0.29, 0.717) is 32.8 Å². The van der Waals surface area contributed by atoms with Crippen molar-refractivity contribution >= 4 is 15.9 Å². The lowest BCUT2D eigenvalue weighted by molar-refractivity contribution is -0.128. The zero-order valence-electron chi connectivity index (χ0n) is 12.7. The predicted molar refractivity (Wildman–Crippen MR) is 78.2 cm³/mol. The van der Waals surface area contributed by atoms with Crippen molar-refractivity contribution in [2.75, 3.05) is 39.9 Å². The van der Waals surface area contributed by atoms with Gasteiger partial charge in [0.05, 0.1) is 11.9 Å². The summed E-state index contributed by atoms with van der Waals surface area (Å²) in [5.74, 6) is 0.250. The van der Waals surface area contributed by atoms with Crippen molar-refractivity contribution in [1.82, 2.24) is 9.21 Å². The van der Waals surface area contributed by atoms with Crippen LogP contribution >= 0.6 is 0 Å². The maximum Gasteiger partial charge on any atom is 0.219 e. The molecule has 1 aliphatic carbocycles. The second kappa shape index (κ2) is 5.21. The van der Waals surface area contributed by atoms with Crippen LogP contribution in [0.15, 0.2) is 0 Å². The number of carbonyl (C=O) groups excluding carboxylic acids is 1. The van der Waals surface area contributed by atoms with E-state index in [4.69, 9.17) is 4.74 Å². The number of nitrogens with zero attached hydrogens (tertiary/aromatic N) is 2. The maximum atomic E-state index is 12.4. The number of amides is 1. The predicted octanol–water partition coefficient (Wildman–Crippen LogP) is 0.295. The van der Waals surface area contributed by atoms with Crippen LogP contribution in [0, 0.1) is 11.3 Å². The summed E-state index contributed by atoms with van der Waals surface area (Å²) in [6, 6.07) is 0. The lowest BCUT2D eigenvalue weighted by Crippen LogP contribution is -2.51. The molecule has 0 spiro atoms. The van der Waals surface area contributed by atoms with Crippen LogP contribution in [0.2, 0.25) is 0 Å². The number of ether oxygens (including phenoxy) is 1. The average Bonchev–Trinajstić information content (AvgIpc) is 3.20. The molecule has 0 unspecified atom stereocenters. The molecular weight excluding hydrogens is 292 g/mol. The van der Waals surface area contributed by atoms with Gasteiger partial charge in [-0.1, -0.05) is 0 Å². The van der Waals surface area contributed by atoms with Crippen LogP contribution in [0.3, 0.4) is 0 Å². The molecule has 7 heteroatoms. The van der Waals surface area contributed by atoms with E-state index >= 15 is 0 Å². The molecule has 2 saturated heterocycles. The summed E-state index contributed by atoms with van der Waals surface area (Å²) in [7, 11) is -1.44. The Labute approximate surface area is 126 Å². The molecule has 0 N–H and O–H groups in total. The third-order valence-corrected chi connectivity index (χ3v) is 7.64. The number of carbonyl (C=O) groups is 1. The van der Waals surface area contributed by atoms with Crippen molar-refractivity contribution < 1.29 is 17.9 Å². The molecule has 2 aliphatic heterocycles. The van der Waals surface area contributed by atoms with E-state index in [9.17, 15) is 13.2 Å². The Hall–Kier alpha value is -0.660. The van der Waals surface area contributed by atoms with Crippen LogP contribution in [0.5, 0.6) is 0 Å². The van der Waals surface area contributed by atoms with Gasteiger partial charge in [0.1, 0.15) is 0 Å². The minimum Gasteiger partial charge on any atom is -0.384 e. The molecule has 3 rings (SSSR count). The number of methoxy groups -OCH3 is 1. The Morgan fingerprint density at radius 2 is 2.05 bits per heavy atom. The van der Waals surface area contributed by atoms with Crippen molar-refractivity contribution in [3.05, 3.63) is 0 Å². The van der Waals surface area contributed by atoms with Gasteiger partial charge in [0.2, 0.25) is 15.9 Å². The SMILES string of the molecule is COC[C@@]12CCN(S(=O)(=O)C3CC3)C[C@@H]1CN(C(C)=O)C2. The number of sulfonamides is 1. The van der Waals surface area contributed by atoms with E-state index in [1.54, 1.807) is 18.3 Å². The Kier molecular flexibility index (Phi) is 3.78. The number of fused-ring (bicyclic) bond motifs is 1. The van der Waals surface area contributed by atoms with Gasteiger partial charge in [0.15, 0.2) is 0 Å². The Morgan fingerprint density at radius 3 is 2.62 bits per heavy atom. The Balaban J connectivity index is 1.79. The first kappa shape index (κ1) is 15.2. The molecule has 3 fully saturated rings. The monoisotopic (exact) mass is 316 g/mol. The topological polar surface area (TPSA) is 66.9 Å². The highest BCUT2D eigenvalue weighted by atomic mass is 32.2. The van der Waals surface area contributed by atoms with Crippen LogP contribution in [-0.2, 0) is 19.6 Å². The summed E-state index contributed by atoms with van der Waals surface area (Å²) >= 11 is 0. The fourth-order valence-electron chi connectivity index (χ4n) is 3.82. The highest BCUT2D eigenvalue weighted by Crippen LogP contribution is 2.45. The molecule has 0 bridgehead atoms. The number of likely N-dealkylation sites (tertiary alicyclic amines) is 1. The van der Waals surface area contributed by atoms with Gasteiger partial charge in [0, 0.05) is 45.6 Å². The third kappa shape index (κ3) is 2.59. The molecule has 120 valence electrons. The number of rotatable bonds is 4. The van der Waals surface area contributed by atoms with Crippen LogP contribution < -0.4 is 0 Å². The molecule has 0 aromatic heterocycles. The standard InChI is InChI=1S/C14H24N2O4S/c1-11(17)15-7-12-8-16(21(18,19)13-3-4-13)6-5-14(12,9-15)10-20-2/h12-13H,3-10H2,1-2H3/t12-,14-/m0/s1. The molecule has 1 saturated carbocycles. The first-order valence-electron chi connectivity index (χ1n) is 7.62. The molecule has 0 radical (unpaired) electrons. The van der Waals surface area contributed by atoms with Crippen molar-refractivity contribution in [2.24, 2.45) is 11.3 Å². The number of hydrogen-bond acceptors (Lipinski definition) is 4. The van der Waals surface area contributed by atoms with Gasteiger partial charge in [-0.15, -0.1) is 0 Å². The summed E-state index contributed by atoms with van der Waals surface area (Å²) in [4.78, 5) is 13.5. The Morgan fingerprint density at radius 1 is 1.33 bits per heavy atom. The summed E-state index contributed by atoms with van der Waals surface area (Å²) in [5.41, 5.74) is -0.0734. The zero-order valence-corrected chi connectivity index (χ0v) is 13.6. The van der Waals surface area contributed by atoms with Gasteiger partial charge in [-0.2, -0.15) is 0 Å². The van der Waals surface area contributed by atoms with Crippen LogP contribution in [0.1, 0.15) is 26.2 Å². The molecule has 2 heterocycles. The fourth-order valence-corrected chi connectivity index (χ4v) is 5.71. The molecule has 0 aromatic carbocycles. The quantitative estimate of drug-likeness (QED) is 0.748. The molecule has 0 aromatic rings. The molecule has 6 nitrogen and oxygen atoms in total. The van der Waals surface area contributed by atoms with Crippen LogP contribution in [-0.4, -0.2) is 68.7 Å². The van der Waals surface area contributed by atoms with E-state index in [2.05, 4.69) is 0 Å². The molecule has 2 atom stereocenters. The van der Waals surface area contributed by atoms with E-state index in [0.717, 1.165) is 19.3 Å². The molecular formula is C14H24N2O4S. The normalized spacial score (nSPS) is 34.0. The minimum absolute atomic E-state index is 0.0662. The average molecular weight is 316 g/mol. The van der Waals surface area contributed by atoms with Crippen LogP contribution in [0.4, 0.5) is 0 Å². The largest absolute Gasteiger partial charge is 0.384 e. The second-order valence-corrected chi connectivity index (χ2v) is 8.96. The smallest absolute Gasteiger partial charge is 0.219 e. The fraction of sp³-hybridized carbons (Fsp3) is 0.929. The van der Waals surface area contributed by atoms with E-state index < -0.39 is 10.0 Å². The molecule has 3 aliphatic rings. The van der Waals surface area contributed by atoms with Crippen LogP contribution in [0.25, 0.3) is 0 Å². The second-order valence-electron chi connectivity index (χ2n) is 6.74. The van der Waals surface area contributed by atoms with Gasteiger partial charge in [-0.05, 0) is 25.2 Å². The van der Waals surface area contributed by atoms with Gasteiger partial charge < -0.3 is 9.64 Å². The highest BCUT2D eigenvalue weighted by Gasteiger charge is 2.53. The summed E-state index contributed by atoms with van der Waals surface area (Å²) < 4.78 is 31.9. The van der Waals surface area contributed by atoms with Gasteiger partial charge in [0.25, 0.3) is 0 Å². The molecule has 1 amide bonds. The number of hydrogen-bond donors (Lipinski definition) is 0.